The molecule has 19 heavy (non-hydrogen) atoms. The topological polar surface area (TPSA) is 61.6 Å². The molecular formula is C12H13F2NO4. The molecule has 0 radical (unpaired) electrons. The summed E-state index contributed by atoms with van der Waals surface area (Å²) in [5.74, 6) is 0.0143. The fraction of sp³-hybridized carbons (Fsp3) is 0.333. The van der Waals surface area contributed by atoms with Crippen molar-refractivity contribution in [1.29, 1.82) is 0 Å². The summed E-state index contributed by atoms with van der Waals surface area (Å²) in [7, 11) is 0. The van der Waals surface area contributed by atoms with Crippen LogP contribution in [0.15, 0.2) is 23.9 Å². The first-order valence-corrected chi connectivity index (χ1v) is 5.48. The van der Waals surface area contributed by atoms with Gasteiger partial charge in [-0.3, -0.25) is 10.1 Å². The lowest BCUT2D eigenvalue weighted by Crippen LogP contribution is -2.04. The van der Waals surface area contributed by atoms with Crippen LogP contribution in [0.25, 0.3) is 6.08 Å². The van der Waals surface area contributed by atoms with Crippen molar-refractivity contribution in [2.45, 2.75) is 20.5 Å². The molecule has 0 fully saturated rings. The predicted octanol–water partition coefficient (Wildman–Crippen LogP) is 3.32. The fourth-order valence-electron chi connectivity index (χ4n) is 1.37. The molecule has 1 aromatic rings. The third-order valence-electron chi connectivity index (χ3n) is 2.15. The molecule has 0 aliphatic heterocycles. The van der Waals surface area contributed by atoms with Gasteiger partial charge >= 0.3 is 6.61 Å². The van der Waals surface area contributed by atoms with Gasteiger partial charge in [-0.2, -0.15) is 8.78 Å². The van der Waals surface area contributed by atoms with E-state index in [2.05, 4.69) is 4.74 Å². The molecule has 0 bridgehead atoms. The van der Waals surface area contributed by atoms with E-state index in [9.17, 15) is 18.9 Å². The zero-order valence-electron chi connectivity index (χ0n) is 10.4. The van der Waals surface area contributed by atoms with Gasteiger partial charge < -0.3 is 9.47 Å². The molecule has 0 aliphatic carbocycles. The van der Waals surface area contributed by atoms with Crippen LogP contribution in [0.4, 0.5) is 8.78 Å². The molecule has 0 heterocycles. The highest BCUT2D eigenvalue weighted by Gasteiger charge is 2.12. The van der Waals surface area contributed by atoms with E-state index in [-0.39, 0.29) is 23.8 Å². The molecular weight excluding hydrogens is 260 g/mol. The normalized spacial score (nSPS) is 11.5. The van der Waals surface area contributed by atoms with Crippen LogP contribution in [-0.2, 0) is 0 Å². The van der Waals surface area contributed by atoms with Gasteiger partial charge in [0.25, 0.3) is 0 Å². The van der Waals surface area contributed by atoms with E-state index < -0.39 is 11.5 Å². The molecule has 0 N–H and O–H groups in total. The maximum Gasteiger partial charge on any atom is 0.387 e. The zero-order valence-corrected chi connectivity index (χ0v) is 10.4. The highest BCUT2D eigenvalue weighted by Crippen LogP contribution is 2.30. The summed E-state index contributed by atoms with van der Waals surface area (Å²) >= 11 is 0. The number of nitrogens with zero attached hydrogens (tertiary/aromatic N) is 1. The Morgan fingerprint density at radius 3 is 2.68 bits per heavy atom. The van der Waals surface area contributed by atoms with E-state index >= 15 is 0 Å². The van der Waals surface area contributed by atoms with Crippen molar-refractivity contribution in [3.63, 3.8) is 0 Å². The highest BCUT2D eigenvalue weighted by molar-refractivity contribution is 5.56. The molecule has 0 unspecified atom stereocenters. The van der Waals surface area contributed by atoms with E-state index in [1.165, 1.54) is 31.2 Å². The third kappa shape index (κ3) is 4.53. The minimum Gasteiger partial charge on any atom is -0.490 e. The molecule has 7 heteroatoms. The highest BCUT2D eigenvalue weighted by atomic mass is 19.3. The lowest BCUT2D eigenvalue weighted by molar-refractivity contribution is -0.422. The van der Waals surface area contributed by atoms with Crippen LogP contribution < -0.4 is 9.47 Å². The van der Waals surface area contributed by atoms with Crippen LogP contribution in [0.5, 0.6) is 11.5 Å². The number of hydrogen-bond donors (Lipinski definition) is 0. The standard InChI is InChI=1S/C12H13F2NO4/c1-3-18-11-7-9(6-8(2)15(16)17)4-5-10(11)19-12(13)14/h4-7,12H,3H2,1-2H3. The number of allylic oxidation sites excluding steroid dienone is 1. The summed E-state index contributed by atoms with van der Waals surface area (Å²) in [5.41, 5.74) is 0.407. The van der Waals surface area contributed by atoms with Crippen LogP contribution in [0.2, 0.25) is 0 Å². The Labute approximate surface area is 108 Å². The Kier molecular flexibility index (Phi) is 5.23. The van der Waals surface area contributed by atoms with E-state index in [1.54, 1.807) is 6.92 Å². The molecule has 0 aromatic heterocycles. The third-order valence-corrected chi connectivity index (χ3v) is 2.15. The van der Waals surface area contributed by atoms with Crippen molar-refractivity contribution < 1.29 is 23.2 Å². The van der Waals surface area contributed by atoms with Gasteiger partial charge in [-0.15, -0.1) is 0 Å². The van der Waals surface area contributed by atoms with Crippen LogP contribution >= 0.6 is 0 Å². The minimum atomic E-state index is -2.96. The Bertz CT molecular complexity index is 489. The number of ether oxygens (including phenoxy) is 2. The maximum absolute atomic E-state index is 12.2. The van der Waals surface area contributed by atoms with Crippen molar-refractivity contribution in [3.05, 3.63) is 39.6 Å². The summed E-state index contributed by atoms with van der Waals surface area (Å²) in [6.07, 6.45) is 1.31. The predicted molar refractivity (Wildman–Crippen MR) is 64.9 cm³/mol. The van der Waals surface area contributed by atoms with Crippen LogP contribution in [0.1, 0.15) is 19.4 Å². The Morgan fingerprint density at radius 2 is 2.16 bits per heavy atom. The molecule has 5 nitrogen and oxygen atoms in total. The lowest BCUT2D eigenvalue weighted by atomic mass is 10.1. The molecule has 104 valence electrons. The van der Waals surface area contributed by atoms with E-state index in [0.717, 1.165) is 0 Å². The number of nitro groups is 1. The number of halogens is 2. The van der Waals surface area contributed by atoms with Crippen molar-refractivity contribution >= 4 is 6.08 Å². The SMILES string of the molecule is CCOc1cc(C=C(C)[N+](=O)[O-])ccc1OC(F)F. The summed E-state index contributed by atoms with van der Waals surface area (Å²) in [6, 6.07) is 4.14. The van der Waals surface area contributed by atoms with E-state index in [1.807, 2.05) is 0 Å². The number of alkyl halides is 2. The zero-order chi connectivity index (χ0) is 14.4. The molecule has 0 spiro atoms. The van der Waals surface area contributed by atoms with Crippen molar-refractivity contribution in [2.24, 2.45) is 0 Å². The largest absolute Gasteiger partial charge is 0.490 e. The second kappa shape index (κ2) is 6.67. The molecule has 0 aliphatic rings. The fourth-order valence-corrected chi connectivity index (χ4v) is 1.37. The second-order valence-corrected chi connectivity index (χ2v) is 3.56. The first-order chi connectivity index (χ1) is 8.93. The quantitative estimate of drug-likeness (QED) is 0.589. The van der Waals surface area contributed by atoms with E-state index in [0.29, 0.717) is 5.56 Å². The lowest BCUT2D eigenvalue weighted by Gasteiger charge is -2.11. The second-order valence-electron chi connectivity index (χ2n) is 3.56. The Hall–Kier alpha value is -2.18. The first kappa shape index (κ1) is 14.9. The minimum absolute atomic E-state index is 0.0648. The first-order valence-electron chi connectivity index (χ1n) is 5.48. The van der Waals surface area contributed by atoms with Gasteiger partial charge in [0.2, 0.25) is 5.70 Å². The van der Waals surface area contributed by atoms with Crippen molar-refractivity contribution in [2.75, 3.05) is 6.61 Å². The number of rotatable bonds is 6. The van der Waals surface area contributed by atoms with Crippen LogP contribution in [0.3, 0.4) is 0 Å². The average molecular weight is 273 g/mol. The summed E-state index contributed by atoms with van der Waals surface area (Å²) in [5, 5.41) is 10.5. The number of benzene rings is 1. The van der Waals surface area contributed by atoms with Crippen molar-refractivity contribution in [1.82, 2.24) is 0 Å². The Morgan fingerprint density at radius 1 is 1.47 bits per heavy atom. The molecule has 0 saturated carbocycles. The van der Waals surface area contributed by atoms with Crippen LogP contribution in [0, 0.1) is 10.1 Å². The molecule has 1 aromatic carbocycles. The van der Waals surface area contributed by atoms with Gasteiger partial charge in [0.1, 0.15) is 0 Å². The van der Waals surface area contributed by atoms with Gasteiger partial charge in [0, 0.05) is 13.0 Å². The molecule has 0 amide bonds. The summed E-state index contributed by atoms with van der Waals surface area (Å²) in [6.45, 7) is 0.336. The van der Waals surface area contributed by atoms with Gasteiger partial charge in [-0.05, 0) is 24.6 Å². The van der Waals surface area contributed by atoms with Gasteiger partial charge in [-0.25, -0.2) is 0 Å². The Balaban J connectivity index is 3.08. The average Bonchev–Trinajstić information content (AvgIpc) is 2.32. The summed E-state index contributed by atoms with van der Waals surface area (Å²) in [4.78, 5) is 9.97. The molecule has 0 saturated heterocycles. The maximum atomic E-state index is 12.2. The van der Waals surface area contributed by atoms with Gasteiger partial charge in [-0.1, -0.05) is 6.07 Å². The molecule has 1 rings (SSSR count). The van der Waals surface area contributed by atoms with Crippen molar-refractivity contribution in [3.8, 4) is 11.5 Å². The van der Waals surface area contributed by atoms with Gasteiger partial charge in [0.05, 0.1) is 11.5 Å². The van der Waals surface area contributed by atoms with Gasteiger partial charge in [0.15, 0.2) is 11.5 Å². The number of hydrogen-bond acceptors (Lipinski definition) is 4. The monoisotopic (exact) mass is 273 g/mol. The summed E-state index contributed by atoms with van der Waals surface area (Å²) < 4.78 is 33.8. The smallest absolute Gasteiger partial charge is 0.387 e. The van der Waals surface area contributed by atoms with E-state index in [4.69, 9.17) is 4.74 Å². The van der Waals surface area contributed by atoms with Crippen LogP contribution in [-0.4, -0.2) is 18.1 Å². The molecule has 0 atom stereocenters.